The molecular formula is C23H20F6N4O5. The molecule has 0 saturated carbocycles. The number of aliphatic carboxylic acids is 2. The number of nitrogens with two attached hydrogens (primary N) is 2. The first kappa shape index (κ1) is 31.4. The second kappa shape index (κ2) is 13.0. The van der Waals surface area contributed by atoms with E-state index in [1.54, 1.807) is 12.1 Å². The highest BCUT2D eigenvalue weighted by Crippen LogP contribution is 2.19. The van der Waals surface area contributed by atoms with Crippen molar-refractivity contribution >= 4 is 40.1 Å². The van der Waals surface area contributed by atoms with Crippen LogP contribution in [0.3, 0.4) is 0 Å². The zero-order valence-corrected chi connectivity index (χ0v) is 19.0. The van der Waals surface area contributed by atoms with Gasteiger partial charge in [-0.2, -0.15) is 26.3 Å². The number of rotatable bonds is 4. The summed E-state index contributed by atoms with van der Waals surface area (Å²) in [6, 6.07) is 18.4. The maximum Gasteiger partial charge on any atom is 0.490 e. The number of nitrogens with one attached hydrogen (secondary N) is 2. The van der Waals surface area contributed by atoms with E-state index in [-0.39, 0.29) is 11.7 Å². The number of carbonyl (C=O) groups excluding carboxylic acids is 1. The molecule has 0 aliphatic heterocycles. The third-order valence-electron chi connectivity index (χ3n) is 4.35. The number of hydrogen-bond acceptors (Lipinski definition) is 5. The monoisotopic (exact) mass is 546 g/mol. The van der Waals surface area contributed by atoms with Crippen LogP contribution in [0.15, 0.2) is 60.7 Å². The Morgan fingerprint density at radius 2 is 1.16 bits per heavy atom. The average Bonchev–Trinajstić information content (AvgIpc) is 2.83. The molecule has 0 aromatic heterocycles. The Balaban J connectivity index is 0.000000426. The van der Waals surface area contributed by atoms with E-state index in [0.29, 0.717) is 17.7 Å². The number of alkyl halides is 6. The van der Waals surface area contributed by atoms with Gasteiger partial charge in [0, 0.05) is 23.4 Å². The minimum absolute atomic E-state index is 0.0274. The predicted molar refractivity (Wildman–Crippen MR) is 125 cm³/mol. The molecule has 0 fully saturated rings. The summed E-state index contributed by atoms with van der Waals surface area (Å²) in [6.45, 7) is 0.473. The number of carboxylic acids is 2. The van der Waals surface area contributed by atoms with Crippen molar-refractivity contribution in [1.29, 1.82) is 5.41 Å². The van der Waals surface area contributed by atoms with Crippen molar-refractivity contribution in [3.63, 3.8) is 0 Å². The molecule has 0 heterocycles. The number of halogens is 6. The lowest BCUT2D eigenvalue weighted by molar-refractivity contribution is -0.193. The van der Waals surface area contributed by atoms with E-state index in [1.165, 1.54) is 0 Å². The summed E-state index contributed by atoms with van der Waals surface area (Å²) in [5.74, 6) is -5.66. The molecule has 1 amide bonds. The lowest BCUT2D eigenvalue weighted by Gasteiger charge is -2.08. The molecule has 0 bridgehead atoms. The molecule has 3 aromatic carbocycles. The minimum atomic E-state index is -5.08. The second-order valence-electron chi connectivity index (χ2n) is 7.15. The molecule has 3 rings (SSSR count). The summed E-state index contributed by atoms with van der Waals surface area (Å²) in [4.78, 5) is 30.2. The van der Waals surface area contributed by atoms with Crippen LogP contribution in [0.1, 0.15) is 21.5 Å². The molecule has 204 valence electrons. The standard InChI is InChI=1S/C19H18N4O.2C2HF3O2/c20-11-12-1-7-17(8-2-12)23-19(24)16-6-4-13-9-15(18(21)22)5-3-14(13)10-16;2*3-2(4,5)1(6)7/h1-10H,11,20H2,(H3,21,22)(H,23,24);2*(H,6,7). The minimum Gasteiger partial charge on any atom is -0.475 e. The lowest BCUT2D eigenvalue weighted by atomic mass is 10.0. The van der Waals surface area contributed by atoms with E-state index in [2.05, 4.69) is 5.32 Å². The molecule has 38 heavy (non-hydrogen) atoms. The van der Waals surface area contributed by atoms with Crippen molar-refractivity contribution in [3.8, 4) is 0 Å². The Morgan fingerprint density at radius 3 is 1.53 bits per heavy atom. The number of hydrogen-bond donors (Lipinski definition) is 6. The Bertz CT molecular complexity index is 1280. The normalized spacial score (nSPS) is 10.8. The summed E-state index contributed by atoms with van der Waals surface area (Å²) in [5.41, 5.74) is 14.0. The molecular weight excluding hydrogens is 526 g/mol. The smallest absolute Gasteiger partial charge is 0.475 e. The topological polar surface area (TPSA) is 180 Å². The van der Waals surface area contributed by atoms with Crippen molar-refractivity contribution < 1.29 is 50.9 Å². The van der Waals surface area contributed by atoms with Crippen LogP contribution in [0.2, 0.25) is 0 Å². The summed E-state index contributed by atoms with van der Waals surface area (Å²) >= 11 is 0. The highest BCUT2D eigenvalue weighted by Gasteiger charge is 2.38. The number of fused-ring (bicyclic) bond motifs is 1. The fraction of sp³-hybridized carbons (Fsp3) is 0.130. The third kappa shape index (κ3) is 10.1. The predicted octanol–water partition coefficient (Wildman–Crippen LogP) is 4.10. The van der Waals surface area contributed by atoms with Gasteiger partial charge in [0.2, 0.25) is 0 Å². The fourth-order valence-electron chi connectivity index (χ4n) is 2.48. The van der Waals surface area contributed by atoms with Gasteiger partial charge < -0.3 is 27.0 Å². The number of carboxylic acid groups (broad SMARTS) is 2. The van der Waals surface area contributed by atoms with Gasteiger partial charge in [-0.1, -0.05) is 30.3 Å². The van der Waals surface area contributed by atoms with Gasteiger partial charge in [-0.15, -0.1) is 0 Å². The maximum absolute atomic E-state index is 12.4. The Labute approximate surface area is 210 Å². The van der Waals surface area contributed by atoms with E-state index in [4.69, 9.17) is 36.7 Å². The highest BCUT2D eigenvalue weighted by atomic mass is 19.4. The van der Waals surface area contributed by atoms with Crippen LogP contribution in [-0.2, 0) is 16.1 Å². The van der Waals surface area contributed by atoms with Gasteiger partial charge in [-0.3, -0.25) is 10.2 Å². The molecule has 0 unspecified atom stereocenters. The van der Waals surface area contributed by atoms with Gasteiger partial charge in [-0.05, 0) is 46.7 Å². The molecule has 0 atom stereocenters. The summed E-state index contributed by atoms with van der Waals surface area (Å²) < 4.78 is 63.5. The quantitative estimate of drug-likeness (QED) is 0.162. The summed E-state index contributed by atoms with van der Waals surface area (Å²) in [6.07, 6.45) is -10.2. The van der Waals surface area contributed by atoms with Crippen molar-refractivity contribution in [3.05, 3.63) is 77.4 Å². The maximum atomic E-state index is 12.4. The van der Waals surface area contributed by atoms with Gasteiger partial charge in [0.1, 0.15) is 5.84 Å². The molecule has 3 aromatic rings. The van der Waals surface area contributed by atoms with Crippen LogP contribution in [0.25, 0.3) is 10.8 Å². The molecule has 0 aliphatic carbocycles. The molecule has 8 N–H and O–H groups in total. The molecule has 0 spiro atoms. The van der Waals surface area contributed by atoms with Gasteiger partial charge >= 0.3 is 24.3 Å². The lowest BCUT2D eigenvalue weighted by Crippen LogP contribution is -2.21. The number of anilines is 1. The van der Waals surface area contributed by atoms with Crippen LogP contribution in [0, 0.1) is 5.41 Å². The Morgan fingerprint density at radius 1 is 0.763 bits per heavy atom. The van der Waals surface area contributed by atoms with Gasteiger partial charge in [0.15, 0.2) is 0 Å². The SMILES string of the molecule is N=C(N)c1ccc2cc(C(=O)Nc3ccc(CN)cc3)ccc2c1.O=C(O)C(F)(F)F.O=C(O)C(F)(F)F. The van der Waals surface area contributed by atoms with Crippen LogP contribution in [0.4, 0.5) is 32.0 Å². The van der Waals surface area contributed by atoms with Crippen molar-refractivity contribution in [1.82, 2.24) is 0 Å². The molecule has 0 aliphatic rings. The van der Waals surface area contributed by atoms with Gasteiger partial charge in [0.25, 0.3) is 5.91 Å². The third-order valence-corrected chi connectivity index (χ3v) is 4.35. The van der Waals surface area contributed by atoms with E-state index in [0.717, 1.165) is 22.0 Å². The molecule has 0 radical (unpaired) electrons. The van der Waals surface area contributed by atoms with Crippen molar-refractivity contribution in [2.45, 2.75) is 18.9 Å². The number of amidine groups is 1. The zero-order chi connectivity index (χ0) is 29.3. The number of nitrogen functional groups attached to an aromatic ring is 1. The van der Waals surface area contributed by atoms with E-state index < -0.39 is 24.3 Å². The van der Waals surface area contributed by atoms with E-state index >= 15 is 0 Å². The number of benzene rings is 3. The fourth-order valence-corrected chi connectivity index (χ4v) is 2.48. The number of amides is 1. The van der Waals surface area contributed by atoms with Crippen LogP contribution in [-0.4, -0.2) is 46.2 Å². The number of carbonyl (C=O) groups is 3. The summed E-state index contributed by atoms with van der Waals surface area (Å²) in [7, 11) is 0. The summed E-state index contributed by atoms with van der Waals surface area (Å²) in [5, 5.41) is 26.5. The molecule has 15 heteroatoms. The van der Waals surface area contributed by atoms with Crippen molar-refractivity contribution in [2.75, 3.05) is 5.32 Å². The van der Waals surface area contributed by atoms with Gasteiger partial charge in [0.05, 0.1) is 0 Å². The first-order valence-corrected chi connectivity index (χ1v) is 10.0. The van der Waals surface area contributed by atoms with E-state index in [9.17, 15) is 31.1 Å². The highest BCUT2D eigenvalue weighted by molar-refractivity contribution is 6.07. The van der Waals surface area contributed by atoms with Crippen LogP contribution >= 0.6 is 0 Å². The van der Waals surface area contributed by atoms with Gasteiger partial charge in [-0.25, -0.2) is 9.59 Å². The largest absolute Gasteiger partial charge is 0.490 e. The first-order valence-electron chi connectivity index (χ1n) is 10.0. The first-order chi connectivity index (χ1) is 17.4. The molecule has 0 saturated heterocycles. The van der Waals surface area contributed by atoms with Crippen LogP contribution in [0.5, 0.6) is 0 Å². The van der Waals surface area contributed by atoms with Crippen LogP contribution < -0.4 is 16.8 Å². The molecule has 9 nitrogen and oxygen atoms in total. The second-order valence-corrected chi connectivity index (χ2v) is 7.15. The Hall–Kier alpha value is -4.66. The van der Waals surface area contributed by atoms with Crippen molar-refractivity contribution in [2.24, 2.45) is 11.5 Å². The zero-order valence-electron chi connectivity index (χ0n) is 19.0. The average molecular weight is 546 g/mol. The van der Waals surface area contributed by atoms with E-state index in [1.807, 2.05) is 48.5 Å². The Kier molecular flexibility index (Phi) is 10.8.